The van der Waals surface area contributed by atoms with Crippen LogP contribution >= 0.6 is 0 Å². The Morgan fingerprint density at radius 1 is 1.32 bits per heavy atom. The Hall–Kier alpha value is -1.90. The smallest absolute Gasteiger partial charge is 0.267 e. The number of amides is 2. The Morgan fingerprint density at radius 2 is 2.05 bits per heavy atom. The van der Waals surface area contributed by atoms with E-state index in [0.717, 1.165) is 26.1 Å². The molecule has 2 amide bonds. The first-order valence-electron chi connectivity index (χ1n) is 7.35. The molecular weight excluding hydrogens is 288 g/mol. The number of rotatable bonds is 5. The Labute approximate surface area is 127 Å². The molecule has 0 aliphatic carbocycles. The summed E-state index contributed by atoms with van der Waals surface area (Å²) in [6.07, 6.45) is 0.861. The molecule has 1 spiro atoms. The van der Waals surface area contributed by atoms with E-state index in [9.17, 15) is 9.59 Å². The van der Waals surface area contributed by atoms with Crippen molar-refractivity contribution < 1.29 is 19.1 Å². The summed E-state index contributed by atoms with van der Waals surface area (Å²) in [6.45, 7) is 4.17. The van der Waals surface area contributed by atoms with Gasteiger partial charge in [-0.1, -0.05) is 0 Å². The van der Waals surface area contributed by atoms with Gasteiger partial charge < -0.3 is 25.5 Å². The van der Waals surface area contributed by atoms with Crippen molar-refractivity contribution >= 4 is 11.8 Å². The summed E-state index contributed by atoms with van der Waals surface area (Å²) in [4.78, 5) is 27.8. The third-order valence-electron chi connectivity index (χ3n) is 4.00. The molecule has 0 bridgehead atoms. The van der Waals surface area contributed by atoms with E-state index < -0.39 is 11.7 Å². The molecule has 120 valence electrons. The second-order valence-corrected chi connectivity index (χ2v) is 5.54. The maximum Gasteiger partial charge on any atom is 0.267 e. The van der Waals surface area contributed by atoms with Crippen LogP contribution in [-0.4, -0.2) is 66.9 Å². The molecule has 8 nitrogen and oxygen atoms in total. The monoisotopic (exact) mass is 308 g/mol. The quantitative estimate of drug-likeness (QED) is 0.666. The van der Waals surface area contributed by atoms with Gasteiger partial charge in [0.15, 0.2) is 5.79 Å². The van der Waals surface area contributed by atoms with Crippen molar-refractivity contribution in [2.24, 2.45) is 5.73 Å². The maximum atomic E-state index is 11.9. The van der Waals surface area contributed by atoms with E-state index in [1.165, 1.54) is 6.07 Å². The topological polar surface area (TPSA) is 110 Å². The minimum Gasteiger partial charge on any atom is -0.364 e. The van der Waals surface area contributed by atoms with Crippen LogP contribution in [0.15, 0.2) is 12.1 Å². The average Bonchev–Trinajstić information content (AvgIpc) is 3.22. The summed E-state index contributed by atoms with van der Waals surface area (Å²) in [7, 11) is 0. The molecular formula is C14H20N4O4. The summed E-state index contributed by atoms with van der Waals surface area (Å²) in [6, 6.07) is 3.04. The summed E-state index contributed by atoms with van der Waals surface area (Å²) in [5.74, 6) is -1.27. The third kappa shape index (κ3) is 3.13. The van der Waals surface area contributed by atoms with Gasteiger partial charge in [-0.15, -0.1) is 0 Å². The highest BCUT2D eigenvalue weighted by molar-refractivity contribution is 5.96. The number of aromatic nitrogens is 1. The highest BCUT2D eigenvalue weighted by atomic mass is 16.7. The zero-order valence-electron chi connectivity index (χ0n) is 12.3. The van der Waals surface area contributed by atoms with Crippen LogP contribution in [0.4, 0.5) is 0 Å². The van der Waals surface area contributed by atoms with Crippen LogP contribution < -0.4 is 11.1 Å². The van der Waals surface area contributed by atoms with Crippen molar-refractivity contribution in [2.75, 3.05) is 39.4 Å². The zero-order valence-corrected chi connectivity index (χ0v) is 12.3. The molecule has 3 rings (SSSR count). The molecule has 2 aliphatic heterocycles. The third-order valence-corrected chi connectivity index (χ3v) is 4.00. The van der Waals surface area contributed by atoms with Crippen molar-refractivity contribution in [3.8, 4) is 0 Å². The first-order chi connectivity index (χ1) is 10.6. The van der Waals surface area contributed by atoms with E-state index in [0.29, 0.717) is 25.5 Å². The Balaban J connectivity index is 1.43. The maximum absolute atomic E-state index is 11.9. The number of hydrogen-bond donors (Lipinski definition) is 3. The molecule has 2 fully saturated rings. The van der Waals surface area contributed by atoms with Gasteiger partial charge in [0.25, 0.3) is 11.8 Å². The number of likely N-dealkylation sites (tertiary alicyclic amines) is 1. The van der Waals surface area contributed by atoms with E-state index in [2.05, 4.69) is 15.2 Å². The normalized spacial score (nSPS) is 20.5. The summed E-state index contributed by atoms with van der Waals surface area (Å²) >= 11 is 0. The van der Waals surface area contributed by atoms with Crippen LogP contribution in [0.3, 0.4) is 0 Å². The molecule has 4 N–H and O–H groups in total. The zero-order chi connectivity index (χ0) is 15.6. The van der Waals surface area contributed by atoms with E-state index in [1.807, 2.05) is 0 Å². The molecule has 0 atom stereocenters. The minimum absolute atomic E-state index is 0.224. The van der Waals surface area contributed by atoms with Gasteiger partial charge in [-0.3, -0.25) is 14.5 Å². The van der Waals surface area contributed by atoms with Gasteiger partial charge in [0.2, 0.25) is 0 Å². The molecule has 0 radical (unpaired) electrons. The summed E-state index contributed by atoms with van der Waals surface area (Å²) in [5.41, 5.74) is 5.69. The summed E-state index contributed by atoms with van der Waals surface area (Å²) < 4.78 is 11.3. The van der Waals surface area contributed by atoms with Gasteiger partial charge in [0.1, 0.15) is 11.4 Å². The van der Waals surface area contributed by atoms with Crippen molar-refractivity contribution in [3.63, 3.8) is 0 Å². The van der Waals surface area contributed by atoms with Crippen molar-refractivity contribution in [1.29, 1.82) is 0 Å². The number of nitrogens with two attached hydrogens (primary N) is 1. The van der Waals surface area contributed by atoms with Crippen LogP contribution in [0.5, 0.6) is 0 Å². The molecule has 0 aromatic carbocycles. The SMILES string of the molecule is NC(=O)c1ccc(C(=O)NCCN2CCC3(C2)OCCO3)[nH]1. The molecule has 0 saturated carbocycles. The number of nitrogens with zero attached hydrogens (tertiary/aromatic N) is 1. The van der Waals surface area contributed by atoms with E-state index in [1.54, 1.807) is 6.07 Å². The average molecular weight is 308 g/mol. The van der Waals surface area contributed by atoms with Crippen molar-refractivity contribution in [3.05, 3.63) is 23.5 Å². The van der Waals surface area contributed by atoms with E-state index >= 15 is 0 Å². The lowest BCUT2D eigenvalue weighted by atomic mass is 10.2. The Kier molecular flexibility index (Phi) is 4.14. The van der Waals surface area contributed by atoms with Gasteiger partial charge in [-0.05, 0) is 12.1 Å². The Morgan fingerprint density at radius 3 is 2.73 bits per heavy atom. The first kappa shape index (κ1) is 15.0. The molecule has 1 aromatic heterocycles. The second kappa shape index (κ2) is 6.07. The lowest BCUT2D eigenvalue weighted by Crippen LogP contribution is -2.38. The van der Waals surface area contributed by atoms with Crippen LogP contribution in [0.1, 0.15) is 27.4 Å². The van der Waals surface area contributed by atoms with Crippen LogP contribution in [-0.2, 0) is 9.47 Å². The second-order valence-electron chi connectivity index (χ2n) is 5.54. The van der Waals surface area contributed by atoms with Crippen molar-refractivity contribution in [2.45, 2.75) is 12.2 Å². The number of carbonyl (C=O) groups excluding carboxylic acids is 2. The molecule has 1 aromatic rings. The molecule has 3 heterocycles. The highest BCUT2D eigenvalue weighted by Crippen LogP contribution is 2.29. The van der Waals surface area contributed by atoms with Crippen LogP contribution in [0.2, 0.25) is 0 Å². The lowest BCUT2D eigenvalue weighted by molar-refractivity contribution is -0.145. The van der Waals surface area contributed by atoms with Gasteiger partial charge >= 0.3 is 0 Å². The van der Waals surface area contributed by atoms with Gasteiger partial charge in [-0.25, -0.2) is 0 Å². The summed E-state index contributed by atoms with van der Waals surface area (Å²) in [5, 5.41) is 2.81. The lowest BCUT2D eigenvalue weighted by Gasteiger charge is -2.22. The molecule has 22 heavy (non-hydrogen) atoms. The predicted octanol–water partition coefficient (Wildman–Crippen LogP) is -0.708. The molecule has 2 aliphatic rings. The number of nitrogens with one attached hydrogen (secondary N) is 2. The van der Waals surface area contributed by atoms with Gasteiger partial charge in [0, 0.05) is 26.1 Å². The van der Waals surface area contributed by atoms with Gasteiger partial charge in [-0.2, -0.15) is 0 Å². The number of ether oxygens (including phenoxy) is 2. The van der Waals surface area contributed by atoms with Crippen molar-refractivity contribution in [1.82, 2.24) is 15.2 Å². The minimum atomic E-state index is -0.585. The molecule has 0 unspecified atom stereocenters. The number of primary amides is 1. The number of aromatic amines is 1. The largest absolute Gasteiger partial charge is 0.364 e. The molecule has 2 saturated heterocycles. The fourth-order valence-electron chi connectivity index (χ4n) is 2.84. The standard InChI is InChI=1S/C14H20N4O4/c15-12(19)10-1-2-11(17-10)13(20)16-4-6-18-5-3-14(9-18)21-7-8-22-14/h1-2,17H,3-9H2,(H2,15,19)(H,16,20). The Bertz CT molecular complexity index is 565. The number of H-pyrrole nitrogens is 1. The van der Waals surface area contributed by atoms with Gasteiger partial charge in [0.05, 0.1) is 19.8 Å². The van der Waals surface area contributed by atoms with Crippen LogP contribution in [0, 0.1) is 0 Å². The fourth-order valence-corrected chi connectivity index (χ4v) is 2.84. The fraction of sp³-hybridized carbons (Fsp3) is 0.571. The first-order valence-corrected chi connectivity index (χ1v) is 7.35. The number of carbonyl (C=O) groups is 2. The van der Waals surface area contributed by atoms with Crippen LogP contribution in [0.25, 0.3) is 0 Å². The predicted molar refractivity (Wildman–Crippen MR) is 77.3 cm³/mol. The molecule has 8 heteroatoms. The van der Waals surface area contributed by atoms with E-state index in [-0.39, 0.29) is 11.6 Å². The number of hydrogen-bond acceptors (Lipinski definition) is 5. The van der Waals surface area contributed by atoms with E-state index in [4.69, 9.17) is 15.2 Å². The highest BCUT2D eigenvalue weighted by Gasteiger charge is 2.42.